The van der Waals surface area contributed by atoms with Gasteiger partial charge in [0.2, 0.25) is 0 Å². The maximum absolute atomic E-state index is 11.2. The molecule has 0 bridgehead atoms. The molecule has 1 heterocycles. The van der Waals surface area contributed by atoms with Crippen molar-refractivity contribution in [3.8, 4) is 0 Å². The number of carboxylic acids is 1. The highest BCUT2D eigenvalue weighted by molar-refractivity contribution is 6.35. The van der Waals surface area contributed by atoms with Crippen molar-refractivity contribution < 1.29 is 9.90 Å². The maximum Gasteiger partial charge on any atom is 0.314 e. The second kappa shape index (κ2) is 3.01. The molecule has 1 aromatic carbocycles. The van der Waals surface area contributed by atoms with Gasteiger partial charge in [0.1, 0.15) is 0 Å². The van der Waals surface area contributed by atoms with Crippen molar-refractivity contribution in [2.75, 3.05) is 0 Å². The molecule has 1 aliphatic rings. The molecule has 2 N–H and O–H groups in total. The van der Waals surface area contributed by atoms with Gasteiger partial charge in [0.25, 0.3) is 0 Å². The van der Waals surface area contributed by atoms with Crippen LogP contribution in [0.5, 0.6) is 0 Å². The molecule has 0 spiro atoms. The predicted octanol–water partition coefficient (Wildman–Crippen LogP) is 2.94. The Hall–Kier alpha value is -1.48. The number of nitrogens with one attached hydrogen (secondary N) is 1. The first-order valence-electron chi connectivity index (χ1n) is 5.14. The van der Waals surface area contributed by atoms with E-state index in [1.165, 1.54) is 0 Å². The molecule has 0 amide bonds. The average Bonchev–Trinajstić information content (AvgIpc) is 3.00. The van der Waals surface area contributed by atoms with Crippen molar-refractivity contribution in [2.45, 2.75) is 18.3 Å². The smallest absolute Gasteiger partial charge is 0.314 e. The van der Waals surface area contributed by atoms with E-state index < -0.39 is 11.4 Å². The average molecular weight is 236 g/mol. The molecule has 0 radical (unpaired) electrons. The molecule has 1 aliphatic carbocycles. The second-order valence-corrected chi connectivity index (χ2v) is 4.69. The van der Waals surface area contributed by atoms with E-state index in [0.29, 0.717) is 5.02 Å². The molecular formula is C12H10ClNO2. The van der Waals surface area contributed by atoms with Gasteiger partial charge in [-0.15, -0.1) is 0 Å². The van der Waals surface area contributed by atoms with Crippen molar-refractivity contribution in [3.05, 3.63) is 35.0 Å². The summed E-state index contributed by atoms with van der Waals surface area (Å²) in [7, 11) is 0. The quantitative estimate of drug-likeness (QED) is 0.841. The zero-order valence-electron chi connectivity index (χ0n) is 8.46. The van der Waals surface area contributed by atoms with E-state index in [9.17, 15) is 9.90 Å². The molecule has 0 atom stereocenters. The molecule has 2 aromatic rings. The van der Waals surface area contributed by atoms with Crippen molar-refractivity contribution in [1.29, 1.82) is 0 Å². The number of fused-ring (bicyclic) bond motifs is 1. The first kappa shape index (κ1) is 9.73. The van der Waals surface area contributed by atoms with Crippen LogP contribution >= 0.6 is 11.6 Å². The number of H-pyrrole nitrogens is 1. The maximum atomic E-state index is 11.2. The SMILES string of the molecule is O=C(O)C1(c2ccc3c(Cl)c[nH]c3c2)CC1. The number of carbonyl (C=O) groups is 1. The lowest BCUT2D eigenvalue weighted by Crippen LogP contribution is -2.19. The lowest BCUT2D eigenvalue weighted by Gasteiger charge is -2.09. The number of aliphatic carboxylic acids is 1. The molecule has 0 aliphatic heterocycles. The number of halogens is 1. The highest BCUT2D eigenvalue weighted by Crippen LogP contribution is 2.49. The minimum absolute atomic E-state index is 0.647. The Morgan fingerprint density at radius 2 is 2.19 bits per heavy atom. The minimum atomic E-state index is -0.732. The van der Waals surface area contributed by atoms with Crippen LogP contribution in [-0.2, 0) is 10.2 Å². The van der Waals surface area contributed by atoms with E-state index in [-0.39, 0.29) is 0 Å². The third-order valence-corrected chi connectivity index (χ3v) is 3.66. The first-order chi connectivity index (χ1) is 7.63. The Kier molecular flexibility index (Phi) is 1.83. The molecule has 0 saturated heterocycles. The van der Waals surface area contributed by atoms with E-state index in [4.69, 9.17) is 11.6 Å². The van der Waals surface area contributed by atoms with Crippen LogP contribution in [0.4, 0.5) is 0 Å². The van der Waals surface area contributed by atoms with Crippen LogP contribution in [0.3, 0.4) is 0 Å². The van der Waals surface area contributed by atoms with E-state index >= 15 is 0 Å². The molecule has 1 saturated carbocycles. The van der Waals surface area contributed by atoms with Gasteiger partial charge >= 0.3 is 5.97 Å². The van der Waals surface area contributed by atoms with E-state index in [1.54, 1.807) is 6.20 Å². The van der Waals surface area contributed by atoms with Gasteiger partial charge in [-0.2, -0.15) is 0 Å². The second-order valence-electron chi connectivity index (χ2n) is 4.28. The van der Waals surface area contributed by atoms with Crippen LogP contribution in [0.1, 0.15) is 18.4 Å². The summed E-state index contributed by atoms with van der Waals surface area (Å²) in [6.07, 6.45) is 3.17. The molecule has 0 unspecified atom stereocenters. The van der Waals surface area contributed by atoms with Gasteiger partial charge in [0.05, 0.1) is 10.4 Å². The third-order valence-electron chi connectivity index (χ3n) is 3.34. The summed E-state index contributed by atoms with van der Waals surface area (Å²) in [6.45, 7) is 0. The van der Waals surface area contributed by atoms with E-state index in [0.717, 1.165) is 29.3 Å². The van der Waals surface area contributed by atoms with E-state index in [1.807, 2.05) is 18.2 Å². The van der Waals surface area contributed by atoms with Crippen molar-refractivity contribution in [2.24, 2.45) is 0 Å². The first-order valence-corrected chi connectivity index (χ1v) is 5.52. The zero-order chi connectivity index (χ0) is 11.3. The van der Waals surface area contributed by atoms with Gasteiger partial charge in [-0.1, -0.05) is 23.7 Å². The number of carboxylic acid groups (broad SMARTS) is 1. The van der Waals surface area contributed by atoms with Crippen LogP contribution < -0.4 is 0 Å². The number of hydrogen-bond donors (Lipinski definition) is 2. The molecule has 1 fully saturated rings. The highest BCUT2D eigenvalue weighted by Gasteiger charge is 2.51. The molecule has 3 nitrogen and oxygen atoms in total. The Labute approximate surface area is 97.0 Å². The lowest BCUT2D eigenvalue weighted by atomic mass is 9.95. The lowest BCUT2D eigenvalue weighted by molar-refractivity contribution is -0.140. The van der Waals surface area contributed by atoms with Gasteiger partial charge < -0.3 is 10.1 Å². The fraction of sp³-hybridized carbons (Fsp3) is 0.250. The summed E-state index contributed by atoms with van der Waals surface area (Å²) in [5.41, 5.74) is 1.12. The molecule has 4 heteroatoms. The molecular weight excluding hydrogens is 226 g/mol. The Morgan fingerprint density at radius 1 is 1.44 bits per heavy atom. The van der Waals surface area contributed by atoms with Crippen LogP contribution in [0.15, 0.2) is 24.4 Å². The summed E-state index contributed by atoms with van der Waals surface area (Å²) in [6, 6.07) is 5.64. The zero-order valence-corrected chi connectivity index (χ0v) is 9.21. The summed E-state index contributed by atoms with van der Waals surface area (Å²) in [5, 5.41) is 10.8. The highest BCUT2D eigenvalue weighted by atomic mass is 35.5. The third kappa shape index (κ3) is 1.18. The fourth-order valence-electron chi connectivity index (χ4n) is 2.14. The van der Waals surface area contributed by atoms with E-state index in [2.05, 4.69) is 4.98 Å². The Balaban J connectivity index is 2.16. The van der Waals surface area contributed by atoms with Crippen molar-refractivity contribution in [3.63, 3.8) is 0 Å². The van der Waals surface area contributed by atoms with Gasteiger partial charge in [0.15, 0.2) is 0 Å². The van der Waals surface area contributed by atoms with Crippen LogP contribution in [0.2, 0.25) is 5.02 Å². The van der Waals surface area contributed by atoms with Crippen molar-refractivity contribution >= 4 is 28.5 Å². The summed E-state index contributed by atoms with van der Waals surface area (Å²) < 4.78 is 0. The number of hydrogen-bond acceptors (Lipinski definition) is 1. The summed E-state index contributed by atoms with van der Waals surface area (Å²) in [5.74, 6) is -0.732. The molecule has 16 heavy (non-hydrogen) atoms. The van der Waals surface area contributed by atoms with Crippen LogP contribution in [0.25, 0.3) is 10.9 Å². The number of aromatic nitrogens is 1. The van der Waals surface area contributed by atoms with Crippen LogP contribution in [0, 0.1) is 0 Å². The summed E-state index contributed by atoms with van der Waals surface area (Å²) >= 11 is 5.97. The normalized spacial score (nSPS) is 17.6. The van der Waals surface area contributed by atoms with Gasteiger partial charge in [-0.3, -0.25) is 4.79 Å². The van der Waals surface area contributed by atoms with Crippen molar-refractivity contribution in [1.82, 2.24) is 4.98 Å². The molecule has 1 aromatic heterocycles. The molecule has 3 rings (SSSR count). The topological polar surface area (TPSA) is 53.1 Å². The number of rotatable bonds is 2. The number of aromatic amines is 1. The standard InChI is InChI=1S/C12H10ClNO2/c13-9-6-14-10-5-7(1-2-8(9)10)12(3-4-12)11(15)16/h1-2,5-6,14H,3-4H2,(H,15,16). The van der Waals surface area contributed by atoms with Gasteiger partial charge in [0, 0.05) is 17.1 Å². The monoisotopic (exact) mass is 235 g/mol. The van der Waals surface area contributed by atoms with Gasteiger partial charge in [-0.05, 0) is 24.5 Å². The number of benzene rings is 1. The Bertz CT molecular complexity index is 584. The molecule has 82 valence electrons. The Morgan fingerprint density at radius 3 is 2.81 bits per heavy atom. The van der Waals surface area contributed by atoms with Crippen LogP contribution in [-0.4, -0.2) is 16.1 Å². The largest absolute Gasteiger partial charge is 0.481 e. The fourth-order valence-corrected chi connectivity index (χ4v) is 2.36. The minimum Gasteiger partial charge on any atom is -0.481 e. The predicted molar refractivity (Wildman–Crippen MR) is 61.9 cm³/mol. The van der Waals surface area contributed by atoms with Gasteiger partial charge in [-0.25, -0.2) is 0 Å². The summed E-state index contributed by atoms with van der Waals surface area (Å²) in [4.78, 5) is 14.2.